The molecule has 0 radical (unpaired) electrons. The maximum atomic E-state index is 11.9. The highest BCUT2D eigenvalue weighted by Crippen LogP contribution is 2.29. The normalized spacial score (nSPS) is 23.4. The summed E-state index contributed by atoms with van der Waals surface area (Å²) >= 11 is 0. The van der Waals surface area contributed by atoms with E-state index in [-0.39, 0.29) is 12.0 Å². The summed E-state index contributed by atoms with van der Waals surface area (Å²) in [4.78, 5) is 11.9. The Balaban J connectivity index is 1.78. The van der Waals surface area contributed by atoms with Gasteiger partial charge in [0.05, 0.1) is 24.3 Å². The van der Waals surface area contributed by atoms with Gasteiger partial charge in [0, 0.05) is 13.0 Å². The summed E-state index contributed by atoms with van der Waals surface area (Å²) < 4.78 is 11.0. The van der Waals surface area contributed by atoms with Crippen LogP contribution in [0.2, 0.25) is 0 Å². The Bertz CT molecular complexity index is 497. The molecular formula is C15H19NO4. The predicted molar refractivity (Wildman–Crippen MR) is 72.8 cm³/mol. The van der Waals surface area contributed by atoms with Crippen molar-refractivity contribution in [3.8, 4) is 5.75 Å². The molecule has 0 aromatic heterocycles. The molecule has 0 aliphatic carbocycles. The molecule has 5 nitrogen and oxygen atoms in total. The summed E-state index contributed by atoms with van der Waals surface area (Å²) in [6, 6.07) is 5.29. The van der Waals surface area contributed by atoms with Gasteiger partial charge < -0.3 is 19.9 Å². The first-order valence-corrected chi connectivity index (χ1v) is 7.08. The molecule has 0 bridgehead atoms. The molecule has 0 spiro atoms. The van der Waals surface area contributed by atoms with Gasteiger partial charge in [-0.3, -0.25) is 4.79 Å². The first-order chi connectivity index (χ1) is 9.74. The summed E-state index contributed by atoms with van der Waals surface area (Å²) in [5.74, 6) is 0.428. The largest absolute Gasteiger partial charge is 0.491 e. The first kappa shape index (κ1) is 13.4. The number of rotatable bonds is 3. The van der Waals surface area contributed by atoms with E-state index in [9.17, 15) is 9.90 Å². The second-order valence-electron chi connectivity index (χ2n) is 5.25. The molecule has 108 valence electrons. The van der Waals surface area contributed by atoms with Crippen LogP contribution < -0.4 is 10.1 Å². The van der Waals surface area contributed by atoms with E-state index in [4.69, 9.17) is 9.47 Å². The highest BCUT2D eigenvalue weighted by molar-refractivity contribution is 5.97. The molecule has 3 rings (SSSR count). The molecular weight excluding hydrogens is 258 g/mol. The summed E-state index contributed by atoms with van der Waals surface area (Å²) in [7, 11) is 0. The Morgan fingerprint density at radius 1 is 1.40 bits per heavy atom. The lowest BCUT2D eigenvalue weighted by Crippen LogP contribution is -2.24. The number of ether oxygens (including phenoxy) is 2. The first-order valence-electron chi connectivity index (χ1n) is 7.08. The van der Waals surface area contributed by atoms with E-state index in [1.165, 1.54) is 0 Å². The number of carbonyl (C=O) groups is 1. The van der Waals surface area contributed by atoms with Gasteiger partial charge in [0.25, 0.3) is 5.91 Å². The van der Waals surface area contributed by atoms with Gasteiger partial charge in [0.2, 0.25) is 0 Å². The lowest BCUT2D eigenvalue weighted by atomic mass is 9.99. The molecule has 2 unspecified atom stereocenters. The molecule has 20 heavy (non-hydrogen) atoms. The van der Waals surface area contributed by atoms with Gasteiger partial charge in [-0.05, 0) is 30.5 Å². The quantitative estimate of drug-likeness (QED) is 0.876. The smallest absolute Gasteiger partial charge is 0.255 e. The Kier molecular flexibility index (Phi) is 3.89. The third kappa shape index (κ3) is 2.78. The zero-order valence-corrected chi connectivity index (χ0v) is 11.3. The fourth-order valence-electron chi connectivity index (χ4n) is 2.69. The fraction of sp³-hybridized carbons (Fsp3) is 0.533. The number of amides is 1. The molecule has 1 saturated heterocycles. The van der Waals surface area contributed by atoms with E-state index in [0.717, 1.165) is 25.0 Å². The Labute approximate surface area is 117 Å². The zero-order chi connectivity index (χ0) is 13.9. The van der Waals surface area contributed by atoms with E-state index in [2.05, 4.69) is 5.32 Å². The van der Waals surface area contributed by atoms with Crippen molar-refractivity contribution in [2.45, 2.75) is 31.5 Å². The summed E-state index contributed by atoms with van der Waals surface area (Å²) in [5, 5.41) is 13.1. The van der Waals surface area contributed by atoms with E-state index in [0.29, 0.717) is 30.9 Å². The summed E-state index contributed by atoms with van der Waals surface area (Å²) in [6.07, 6.45) is 2.12. The van der Waals surface area contributed by atoms with E-state index >= 15 is 0 Å². The maximum Gasteiger partial charge on any atom is 0.255 e. The average Bonchev–Trinajstić information content (AvgIpc) is 2.89. The van der Waals surface area contributed by atoms with Crippen molar-refractivity contribution >= 4 is 5.91 Å². The molecule has 2 aliphatic rings. The number of benzene rings is 1. The highest BCUT2D eigenvalue weighted by atomic mass is 16.5. The monoisotopic (exact) mass is 277 g/mol. The van der Waals surface area contributed by atoms with Gasteiger partial charge >= 0.3 is 0 Å². The molecule has 2 heterocycles. The molecule has 2 aliphatic heterocycles. The van der Waals surface area contributed by atoms with Crippen molar-refractivity contribution in [3.05, 3.63) is 29.3 Å². The number of aliphatic hydroxyl groups excluding tert-OH is 1. The molecule has 1 fully saturated rings. The lowest BCUT2D eigenvalue weighted by Gasteiger charge is -2.17. The number of fused-ring (bicyclic) bond motifs is 1. The number of hydrogen-bond acceptors (Lipinski definition) is 4. The minimum Gasteiger partial charge on any atom is -0.491 e. The van der Waals surface area contributed by atoms with Crippen molar-refractivity contribution < 1.29 is 19.4 Å². The molecule has 5 heteroatoms. The molecule has 1 aromatic rings. The van der Waals surface area contributed by atoms with Crippen LogP contribution in [-0.4, -0.2) is 36.9 Å². The summed E-state index contributed by atoms with van der Waals surface area (Å²) in [6.45, 7) is 1.75. The fourth-order valence-corrected chi connectivity index (χ4v) is 2.69. The van der Waals surface area contributed by atoms with Crippen molar-refractivity contribution in [1.82, 2.24) is 5.32 Å². The number of carbonyl (C=O) groups excluding carboxylic acids is 1. The van der Waals surface area contributed by atoms with Crippen LogP contribution in [0.3, 0.4) is 0 Å². The van der Waals surface area contributed by atoms with Crippen molar-refractivity contribution in [2.24, 2.45) is 0 Å². The van der Waals surface area contributed by atoms with Gasteiger partial charge in [-0.25, -0.2) is 0 Å². The third-order valence-electron chi connectivity index (χ3n) is 3.79. The molecule has 1 aromatic carbocycles. The Morgan fingerprint density at radius 2 is 2.30 bits per heavy atom. The van der Waals surface area contributed by atoms with Crippen molar-refractivity contribution in [3.63, 3.8) is 0 Å². The molecule has 1 amide bonds. The minimum atomic E-state index is -0.612. The van der Waals surface area contributed by atoms with Crippen LogP contribution in [0.1, 0.15) is 41.3 Å². The number of aliphatic hydroxyl groups is 1. The van der Waals surface area contributed by atoms with E-state index in [1.54, 1.807) is 12.1 Å². The third-order valence-corrected chi connectivity index (χ3v) is 3.79. The van der Waals surface area contributed by atoms with Gasteiger partial charge in [-0.1, -0.05) is 6.07 Å². The van der Waals surface area contributed by atoms with Gasteiger partial charge in [-0.2, -0.15) is 0 Å². The van der Waals surface area contributed by atoms with Gasteiger partial charge in [0.15, 0.2) is 0 Å². The van der Waals surface area contributed by atoms with Crippen LogP contribution in [-0.2, 0) is 4.74 Å². The van der Waals surface area contributed by atoms with Crippen molar-refractivity contribution in [1.29, 1.82) is 0 Å². The topological polar surface area (TPSA) is 67.8 Å². The standard InChI is InChI=1S/C15H19NO4/c17-13(9-11-2-1-6-19-11)10-3-4-14-12(8-10)15(18)16-5-7-20-14/h3-4,8,11,13,17H,1-2,5-7,9H2,(H,16,18). The zero-order valence-electron chi connectivity index (χ0n) is 11.3. The predicted octanol–water partition coefficient (Wildman–Crippen LogP) is 1.41. The van der Waals surface area contributed by atoms with Crippen LogP contribution in [0.25, 0.3) is 0 Å². The lowest BCUT2D eigenvalue weighted by molar-refractivity contribution is 0.0535. The molecule has 2 atom stereocenters. The van der Waals surface area contributed by atoms with Gasteiger partial charge in [-0.15, -0.1) is 0 Å². The Morgan fingerprint density at radius 3 is 3.10 bits per heavy atom. The van der Waals surface area contributed by atoms with E-state index < -0.39 is 6.10 Å². The summed E-state index contributed by atoms with van der Waals surface area (Å²) in [5.41, 5.74) is 1.23. The molecule has 0 saturated carbocycles. The van der Waals surface area contributed by atoms with E-state index in [1.807, 2.05) is 6.07 Å². The number of nitrogens with one attached hydrogen (secondary N) is 1. The SMILES string of the molecule is O=C1NCCOc2ccc(C(O)CC3CCCO3)cc21. The second kappa shape index (κ2) is 5.81. The average molecular weight is 277 g/mol. The van der Waals surface area contributed by atoms with Gasteiger partial charge in [0.1, 0.15) is 12.4 Å². The van der Waals surface area contributed by atoms with Crippen LogP contribution in [0.4, 0.5) is 0 Å². The van der Waals surface area contributed by atoms with Crippen molar-refractivity contribution in [2.75, 3.05) is 19.8 Å². The number of hydrogen-bond donors (Lipinski definition) is 2. The van der Waals surface area contributed by atoms with Crippen LogP contribution in [0, 0.1) is 0 Å². The highest BCUT2D eigenvalue weighted by Gasteiger charge is 2.23. The maximum absolute atomic E-state index is 11.9. The van der Waals surface area contributed by atoms with Crippen LogP contribution in [0.15, 0.2) is 18.2 Å². The Hall–Kier alpha value is -1.59. The minimum absolute atomic E-state index is 0.119. The molecule has 2 N–H and O–H groups in total. The van der Waals surface area contributed by atoms with Crippen LogP contribution in [0.5, 0.6) is 5.75 Å². The second-order valence-corrected chi connectivity index (χ2v) is 5.25. The van der Waals surface area contributed by atoms with Crippen LogP contribution >= 0.6 is 0 Å².